The summed E-state index contributed by atoms with van der Waals surface area (Å²) in [6.45, 7) is 0. The number of thiazole rings is 1. The molecule has 0 saturated heterocycles. The molecule has 0 aliphatic carbocycles. The molecule has 0 radical (unpaired) electrons. The van der Waals surface area contributed by atoms with Crippen LogP contribution in [0.3, 0.4) is 0 Å². The first-order valence-electron chi connectivity index (χ1n) is 7.42. The van der Waals surface area contributed by atoms with Crippen molar-refractivity contribution in [2.24, 2.45) is 5.73 Å². The minimum absolute atomic E-state index is 0.171. The number of anilines is 2. The lowest BCUT2D eigenvalue weighted by atomic mass is 10.2. The molecular formula is C17H15N5O2S. The van der Waals surface area contributed by atoms with Gasteiger partial charge in [0.15, 0.2) is 0 Å². The summed E-state index contributed by atoms with van der Waals surface area (Å²) >= 11 is 1.45. The molecule has 0 atom stereocenters. The first-order chi connectivity index (χ1) is 12.1. The molecule has 8 heteroatoms. The van der Waals surface area contributed by atoms with E-state index in [-0.39, 0.29) is 12.3 Å². The molecule has 0 unspecified atom stereocenters. The van der Waals surface area contributed by atoms with Crippen molar-refractivity contribution in [1.29, 1.82) is 0 Å². The van der Waals surface area contributed by atoms with Gasteiger partial charge in [-0.05, 0) is 36.4 Å². The largest absolute Gasteiger partial charge is 0.351 e. The summed E-state index contributed by atoms with van der Waals surface area (Å²) in [6, 6.07) is 11.7. The van der Waals surface area contributed by atoms with Crippen molar-refractivity contribution in [3.05, 3.63) is 59.7 Å². The highest BCUT2D eigenvalue weighted by Crippen LogP contribution is 2.22. The maximum atomic E-state index is 12.1. The van der Waals surface area contributed by atoms with Crippen LogP contribution in [0.15, 0.2) is 54.0 Å². The molecule has 3 rings (SSSR count). The number of nitrogens with one attached hydrogen (secondary N) is 2. The Morgan fingerprint density at radius 2 is 1.76 bits per heavy atom. The molecule has 4 N–H and O–H groups in total. The summed E-state index contributed by atoms with van der Waals surface area (Å²) in [5.74, 6) is -0.173. The summed E-state index contributed by atoms with van der Waals surface area (Å²) in [5.41, 5.74) is 7.71. The zero-order valence-electron chi connectivity index (χ0n) is 13.1. The number of nitrogens with zero attached hydrogens (tertiary/aromatic N) is 2. The molecule has 0 spiro atoms. The van der Waals surface area contributed by atoms with Gasteiger partial charge in [0.25, 0.3) is 0 Å². The smallest absolute Gasteiger partial charge is 0.316 e. The van der Waals surface area contributed by atoms with Gasteiger partial charge in [-0.2, -0.15) is 0 Å². The number of hydrogen-bond acceptors (Lipinski definition) is 5. The van der Waals surface area contributed by atoms with E-state index in [9.17, 15) is 9.59 Å². The Hall–Kier alpha value is -3.26. The Morgan fingerprint density at radius 1 is 1.04 bits per heavy atom. The molecule has 2 heterocycles. The van der Waals surface area contributed by atoms with Gasteiger partial charge in [0.1, 0.15) is 5.01 Å². The van der Waals surface area contributed by atoms with Crippen molar-refractivity contribution in [3.63, 3.8) is 0 Å². The molecule has 0 aliphatic rings. The SMILES string of the molecule is NC(=O)Nc1ccc(NC(=O)Cc2csc(-c3ccccn3)n2)cc1. The average Bonchev–Trinajstić information content (AvgIpc) is 3.05. The van der Waals surface area contributed by atoms with Crippen molar-refractivity contribution >= 4 is 34.6 Å². The number of pyridine rings is 1. The van der Waals surface area contributed by atoms with Crippen LogP contribution in [0.25, 0.3) is 10.7 Å². The lowest BCUT2D eigenvalue weighted by molar-refractivity contribution is -0.115. The molecule has 0 fully saturated rings. The summed E-state index contributed by atoms with van der Waals surface area (Å²) in [5, 5.41) is 7.87. The number of amides is 3. The van der Waals surface area contributed by atoms with Crippen LogP contribution in [0.1, 0.15) is 5.69 Å². The number of rotatable bonds is 5. The van der Waals surface area contributed by atoms with Crippen molar-refractivity contribution in [3.8, 4) is 10.7 Å². The van der Waals surface area contributed by atoms with E-state index in [1.54, 1.807) is 30.5 Å². The molecule has 2 aromatic heterocycles. The third-order valence-electron chi connectivity index (χ3n) is 3.21. The van der Waals surface area contributed by atoms with Crippen molar-refractivity contribution in [2.75, 3.05) is 10.6 Å². The van der Waals surface area contributed by atoms with Gasteiger partial charge in [0.05, 0.1) is 17.8 Å². The van der Waals surface area contributed by atoms with Gasteiger partial charge < -0.3 is 16.4 Å². The monoisotopic (exact) mass is 353 g/mol. The van der Waals surface area contributed by atoms with E-state index in [4.69, 9.17) is 5.73 Å². The van der Waals surface area contributed by atoms with E-state index in [0.717, 1.165) is 10.7 Å². The Morgan fingerprint density at radius 3 is 2.40 bits per heavy atom. The molecule has 3 amide bonds. The summed E-state index contributed by atoms with van der Waals surface area (Å²) in [4.78, 5) is 31.6. The van der Waals surface area contributed by atoms with Gasteiger partial charge in [-0.25, -0.2) is 9.78 Å². The van der Waals surface area contributed by atoms with Crippen LogP contribution in [0, 0.1) is 0 Å². The standard InChI is InChI=1S/C17H15N5O2S/c18-17(24)22-12-6-4-11(5-7-12)20-15(23)9-13-10-25-16(21-13)14-3-1-2-8-19-14/h1-8,10H,9H2,(H,20,23)(H3,18,22,24). The van der Waals surface area contributed by atoms with Gasteiger partial charge >= 0.3 is 6.03 Å². The predicted octanol–water partition coefficient (Wildman–Crippen LogP) is 2.88. The van der Waals surface area contributed by atoms with Gasteiger partial charge in [0, 0.05) is 23.0 Å². The van der Waals surface area contributed by atoms with Crippen LogP contribution in [-0.2, 0) is 11.2 Å². The second kappa shape index (κ2) is 7.54. The van der Waals surface area contributed by atoms with E-state index in [0.29, 0.717) is 17.1 Å². The maximum Gasteiger partial charge on any atom is 0.316 e. The first kappa shape index (κ1) is 16.6. The second-order valence-electron chi connectivity index (χ2n) is 5.15. The van der Waals surface area contributed by atoms with E-state index < -0.39 is 6.03 Å². The highest BCUT2D eigenvalue weighted by atomic mass is 32.1. The van der Waals surface area contributed by atoms with Crippen LogP contribution < -0.4 is 16.4 Å². The Labute approximate surface area is 147 Å². The molecule has 0 aliphatic heterocycles. The fraction of sp³-hybridized carbons (Fsp3) is 0.0588. The van der Waals surface area contributed by atoms with Gasteiger partial charge in [0.2, 0.25) is 5.91 Å². The number of carbonyl (C=O) groups is 2. The third kappa shape index (κ3) is 4.61. The van der Waals surface area contributed by atoms with Crippen molar-refractivity contribution < 1.29 is 9.59 Å². The topological polar surface area (TPSA) is 110 Å². The first-order valence-corrected chi connectivity index (χ1v) is 8.30. The van der Waals surface area contributed by atoms with Gasteiger partial charge in [-0.1, -0.05) is 6.07 Å². The average molecular weight is 353 g/mol. The zero-order valence-corrected chi connectivity index (χ0v) is 13.9. The number of nitrogens with two attached hydrogens (primary N) is 1. The second-order valence-corrected chi connectivity index (χ2v) is 6.01. The van der Waals surface area contributed by atoms with Crippen LogP contribution in [-0.4, -0.2) is 21.9 Å². The lowest BCUT2D eigenvalue weighted by Gasteiger charge is -2.06. The maximum absolute atomic E-state index is 12.1. The number of carbonyl (C=O) groups excluding carboxylic acids is 2. The van der Waals surface area contributed by atoms with Crippen LogP contribution >= 0.6 is 11.3 Å². The van der Waals surface area contributed by atoms with Gasteiger partial charge in [-0.15, -0.1) is 11.3 Å². The van der Waals surface area contributed by atoms with Crippen LogP contribution in [0.5, 0.6) is 0 Å². The van der Waals surface area contributed by atoms with Crippen LogP contribution in [0.4, 0.5) is 16.2 Å². The third-order valence-corrected chi connectivity index (χ3v) is 4.13. The number of hydrogen-bond donors (Lipinski definition) is 3. The Bertz CT molecular complexity index is 878. The molecule has 1 aromatic carbocycles. The summed E-state index contributed by atoms with van der Waals surface area (Å²) < 4.78 is 0. The fourth-order valence-electron chi connectivity index (χ4n) is 2.14. The molecular weight excluding hydrogens is 338 g/mol. The highest BCUT2D eigenvalue weighted by Gasteiger charge is 2.10. The number of urea groups is 1. The minimum Gasteiger partial charge on any atom is -0.351 e. The van der Waals surface area contributed by atoms with E-state index in [1.807, 2.05) is 23.6 Å². The van der Waals surface area contributed by atoms with E-state index in [2.05, 4.69) is 20.6 Å². The fourth-order valence-corrected chi connectivity index (χ4v) is 2.94. The molecule has 0 bridgehead atoms. The van der Waals surface area contributed by atoms with Crippen molar-refractivity contribution in [1.82, 2.24) is 9.97 Å². The number of primary amides is 1. The Kier molecular flexibility index (Phi) is 5.00. The van der Waals surface area contributed by atoms with E-state index in [1.165, 1.54) is 11.3 Å². The predicted molar refractivity (Wildman–Crippen MR) is 97.3 cm³/mol. The van der Waals surface area contributed by atoms with Gasteiger partial charge in [-0.3, -0.25) is 9.78 Å². The minimum atomic E-state index is -0.635. The summed E-state index contributed by atoms with van der Waals surface area (Å²) in [7, 11) is 0. The normalized spacial score (nSPS) is 10.2. The summed E-state index contributed by atoms with van der Waals surface area (Å²) in [6.07, 6.45) is 1.88. The Balaban J connectivity index is 1.59. The van der Waals surface area contributed by atoms with Crippen LogP contribution in [0.2, 0.25) is 0 Å². The molecule has 0 saturated carbocycles. The quantitative estimate of drug-likeness (QED) is 0.655. The zero-order chi connectivity index (χ0) is 17.6. The molecule has 126 valence electrons. The highest BCUT2D eigenvalue weighted by molar-refractivity contribution is 7.13. The van der Waals surface area contributed by atoms with E-state index >= 15 is 0 Å². The number of benzene rings is 1. The molecule has 3 aromatic rings. The number of aromatic nitrogens is 2. The molecule has 25 heavy (non-hydrogen) atoms. The van der Waals surface area contributed by atoms with Crippen molar-refractivity contribution in [2.45, 2.75) is 6.42 Å². The lowest BCUT2D eigenvalue weighted by Crippen LogP contribution is -2.19. The molecule has 7 nitrogen and oxygen atoms in total.